The molecule has 0 amide bonds. The summed E-state index contributed by atoms with van der Waals surface area (Å²) < 4.78 is 0. The quantitative estimate of drug-likeness (QED) is 0.400. The molecule has 0 aliphatic heterocycles. The minimum Gasteiger partial charge on any atom is -0.411 e. The van der Waals surface area contributed by atoms with Gasteiger partial charge in [0.1, 0.15) is 5.56 Å². The highest BCUT2D eigenvalue weighted by Crippen LogP contribution is 2.30. The molecular formula is C13H11ClN2O4. The van der Waals surface area contributed by atoms with E-state index in [0.717, 1.165) is 0 Å². The van der Waals surface area contributed by atoms with Crippen molar-refractivity contribution in [2.24, 2.45) is 5.16 Å². The Kier molecular flexibility index (Phi) is 4.14. The Balaban J connectivity index is 2.54. The molecule has 0 atom stereocenters. The lowest BCUT2D eigenvalue weighted by atomic mass is 9.90. The maximum atomic E-state index is 12.5. The van der Waals surface area contributed by atoms with Crippen LogP contribution in [0.1, 0.15) is 29.6 Å². The van der Waals surface area contributed by atoms with E-state index in [1.54, 1.807) is 0 Å². The van der Waals surface area contributed by atoms with E-state index in [-0.39, 0.29) is 27.6 Å². The molecule has 0 unspecified atom stereocenters. The summed E-state index contributed by atoms with van der Waals surface area (Å²) in [5.74, 6) is -0.588. The summed E-state index contributed by atoms with van der Waals surface area (Å²) in [6.07, 6.45) is 1.57. The van der Waals surface area contributed by atoms with Crippen LogP contribution < -0.4 is 0 Å². The van der Waals surface area contributed by atoms with Crippen molar-refractivity contribution in [3.05, 3.63) is 50.5 Å². The maximum Gasteiger partial charge on any atom is 0.280 e. The number of nitro groups is 1. The molecule has 0 heterocycles. The smallest absolute Gasteiger partial charge is 0.280 e. The Bertz CT molecular complexity index is 637. The summed E-state index contributed by atoms with van der Waals surface area (Å²) in [6, 6.07) is 5.63. The number of hydrogen-bond acceptors (Lipinski definition) is 5. The van der Waals surface area contributed by atoms with Gasteiger partial charge < -0.3 is 5.21 Å². The molecule has 1 aromatic rings. The molecule has 0 spiro atoms. The lowest BCUT2D eigenvalue weighted by Gasteiger charge is -2.16. The van der Waals surface area contributed by atoms with Gasteiger partial charge in [0.2, 0.25) is 5.78 Å². The highest BCUT2D eigenvalue weighted by atomic mass is 35.5. The monoisotopic (exact) mass is 294 g/mol. The number of para-hydroxylation sites is 1. The van der Waals surface area contributed by atoms with Gasteiger partial charge in [0.25, 0.3) is 5.69 Å². The molecule has 1 aromatic carbocycles. The first-order chi connectivity index (χ1) is 9.56. The number of allylic oxidation sites excluding steroid dienone is 2. The number of Topliss-reactive ketones (excluding diaryl/α,β-unsaturated/α-hetero) is 1. The molecule has 0 saturated carbocycles. The minimum atomic E-state index is -0.625. The van der Waals surface area contributed by atoms with Crippen LogP contribution in [0.15, 0.2) is 40.0 Å². The van der Waals surface area contributed by atoms with Crippen LogP contribution in [0.5, 0.6) is 0 Å². The number of carbonyl (C=O) groups is 1. The van der Waals surface area contributed by atoms with E-state index in [1.165, 1.54) is 24.3 Å². The molecule has 20 heavy (non-hydrogen) atoms. The van der Waals surface area contributed by atoms with Gasteiger partial charge in [-0.25, -0.2) is 0 Å². The fraction of sp³-hybridized carbons (Fsp3) is 0.231. The number of oxime groups is 1. The highest BCUT2D eigenvalue weighted by molar-refractivity contribution is 6.40. The van der Waals surface area contributed by atoms with Crippen molar-refractivity contribution in [3.63, 3.8) is 0 Å². The second-order valence-corrected chi connectivity index (χ2v) is 4.74. The summed E-state index contributed by atoms with van der Waals surface area (Å²) >= 11 is 6.03. The third kappa shape index (κ3) is 2.55. The van der Waals surface area contributed by atoms with Crippen molar-refractivity contribution in [2.45, 2.75) is 19.3 Å². The lowest BCUT2D eigenvalue weighted by molar-refractivity contribution is -0.385. The Morgan fingerprint density at radius 3 is 2.70 bits per heavy atom. The average Bonchev–Trinajstić information content (AvgIpc) is 2.46. The van der Waals surface area contributed by atoms with E-state index >= 15 is 0 Å². The molecule has 104 valence electrons. The molecule has 6 nitrogen and oxygen atoms in total. The van der Waals surface area contributed by atoms with Crippen molar-refractivity contribution in [1.82, 2.24) is 0 Å². The molecule has 0 saturated heterocycles. The van der Waals surface area contributed by atoms with Crippen LogP contribution in [0, 0.1) is 10.1 Å². The number of benzene rings is 1. The molecule has 0 bridgehead atoms. The van der Waals surface area contributed by atoms with Crippen molar-refractivity contribution in [3.8, 4) is 0 Å². The average molecular weight is 295 g/mol. The topological polar surface area (TPSA) is 92.8 Å². The second-order valence-electron chi connectivity index (χ2n) is 4.28. The van der Waals surface area contributed by atoms with Crippen molar-refractivity contribution < 1.29 is 14.9 Å². The molecule has 0 radical (unpaired) electrons. The zero-order valence-electron chi connectivity index (χ0n) is 10.4. The normalized spacial score (nSPS) is 17.4. The zero-order chi connectivity index (χ0) is 14.7. The third-order valence-electron chi connectivity index (χ3n) is 3.06. The van der Waals surface area contributed by atoms with Gasteiger partial charge in [0.15, 0.2) is 0 Å². The van der Waals surface area contributed by atoms with E-state index in [9.17, 15) is 14.9 Å². The molecule has 7 heteroatoms. The Hall–Kier alpha value is -2.21. The van der Waals surface area contributed by atoms with Crippen LogP contribution >= 0.6 is 11.6 Å². The molecule has 0 fully saturated rings. The van der Waals surface area contributed by atoms with Gasteiger partial charge in [-0.2, -0.15) is 0 Å². The first-order valence-electron chi connectivity index (χ1n) is 5.94. The first kappa shape index (κ1) is 14.2. The van der Waals surface area contributed by atoms with Crippen LogP contribution in [0.3, 0.4) is 0 Å². The Morgan fingerprint density at radius 2 is 2.05 bits per heavy atom. The lowest BCUT2D eigenvalue weighted by Crippen LogP contribution is -2.19. The number of halogens is 1. The highest BCUT2D eigenvalue weighted by Gasteiger charge is 2.29. The van der Waals surface area contributed by atoms with Crippen molar-refractivity contribution >= 4 is 28.8 Å². The van der Waals surface area contributed by atoms with Crippen molar-refractivity contribution in [2.75, 3.05) is 0 Å². The van der Waals surface area contributed by atoms with Crippen LogP contribution in [0.2, 0.25) is 0 Å². The molecule has 0 aromatic heterocycles. The van der Waals surface area contributed by atoms with Gasteiger partial charge >= 0.3 is 0 Å². The number of nitro benzene ring substituents is 1. The SMILES string of the molecule is O=C(C1=C(Cl)CCC/C1=N\O)c1ccccc1[N+](=O)[O-]. The Labute approximate surface area is 119 Å². The maximum absolute atomic E-state index is 12.5. The van der Waals surface area contributed by atoms with Gasteiger partial charge in [0.05, 0.1) is 16.2 Å². The number of nitrogens with zero attached hydrogens (tertiary/aromatic N) is 2. The summed E-state index contributed by atoms with van der Waals surface area (Å²) in [7, 11) is 0. The van der Waals surface area contributed by atoms with Gasteiger partial charge in [0, 0.05) is 11.1 Å². The van der Waals surface area contributed by atoms with Gasteiger partial charge in [-0.3, -0.25) is 14.9 Å². The van der Waals surface area contributed by atoms with Gasteiger partial charge in [-0.15, -0.1) is 0 Å². The molecule has 1 aliphatic carbocycles. The molecule has 2 rings (SSSR count). The van der Waals surface area contributed by atoms with Crippen LogP contribution in [0.25, 0.3) is 0 Å². The standard InChI is InChI=1S/C13H11ClN2O4/c14-9-5-3-6-10(15-18)12(9)13(17)8-4-1-2-7-11(8)16(19)20/h1-2,4,7,18H,3,5-6H2/b15-10+. The number of carbonyl (C=O) groups excluding carboxylic acids is 1. The van der Waals surface area contributed by atoms with Crippen LogP contribution in [0.4, 0.5) is 5.69 Å². The van der Waals surface area contributed by atoms with E-state index < -0.39 is 10.7 Å². The molecular weight excluding hydrogens is 284 g/mol. The predicted octanol–water partition coefficient (Wildman–Crippen LogP) is 3.28. The van der Waals surface area contributed by atoms with E-state index in [0.29, 0.717) is 19.3 Å². The summed E-state index contributed by atoms with van der Waals surface area (Å²) in [5.41, 5.74) is -0.120. The van der Waals surface area contributed by atoms with Crippen LogP contribution in [-0.4, -0.2) is 21.6 Å². The van der Waals surface area contributed by atoms with Gasteiger partial charge in [-0.1, -0.05) is 28.9 Å². The largest absolute Gasteiger partial charge is 0.411 e. The number of hydrogen-bond donors (Lipinski definition) is 1. The fourth-order valence-corrected chi connectivity index (χ4v) is 2.46. The van der Waals surface area contributed by atoms with E-state index in [4.69, 9.17) is 16.8 Å². The number of ketones is 1. The number of rotatable bonds is 3. The van der Waals surface area contributed by atoms with Crippen molar-refractivity contribution in [1.29, 1.82) is 0 Å². The van der Waals surface area contributed by atoms with E-state index in [2.05, 4.69) is 5.16 Å². The predicted molar refractivity (Wildman–Crippen MR) is 73.4 cm³/mol. The molecule has 1 aliphatic rings. The fourth-order valence-electron chi connectivity index (χ4n) is 2.13. The van der Waals surface area contributed by atoms with E-state index in [1.807, 2.05) is 0 Å². The zero-order valence-corrected chi connectivity index (χ0v) is 11.1. The Morgan fingerprint density at radius 1 is 1.35 bits per heavy atom. The second kappa shape index (κ2) is 5.83. The van der Waals surface area contributed by atoms with Gasteiger partial charge in [-0.05, 0) is 25.3 Å². The first-order valence-corrected chi connectivity index (χ1v) is 6.32. The third-order valence-corrected chi connectivity index (χ3v) is 3.44. The summed E-state index contributed by atoms with van der Waals surface area (Å²) in [5, 5.41) is 23.3. The minimum absolute atomic E-state index is 0.0614. The summed E-state index contributed by atoms with van der Waals surface area (Å²) in [4.78, 5) is 22.8. The summed E-state index contributed by atoms with van der Waals surface area (Å²) in [6.45, 7) is 0. The van der Waals surface area contributed by atoms with Crippen LogP contribution in [-0.2, 0) is 0 Å². The molecule has 1 N–H and O–H groups in total.